The first-order valence-electron chi connectivity index (χ1n) is 8.81. The van der Waals surface area contributed by atoms with E-state index in [9.17, 15) is 17.6 Å². The van der Waals surface area contributed by atoms with Gasteiger partial charge >= 0.3 is 0 Å². The molecular formula is C19H22FN3O4S. The Morgan fingerprint density at radius 2 is 1.82 bits per heavy atom. The van der Waals surface area contributed by atoms with Crippen LogP contribution in [0.25, 0.3) is 0 Å². The third-order valence-electron chi connectivity index (χ3n) is 4.57. The first-order chi connectivity index (χ1) is 13.4. The molecule has 1 fully saturated rings. The number of hydrogen-bond donors (Lipinski definition) is 1. The van der Waals surface area contributed by atoms with Crippen LogP contribution < -0.4 is 14.4 Å². The Morgan fingerprint density at radius 1 is 1.11 bits per heavy atom. The van der Waals surface area contributed by atoms with Crippen LogP contribution in [0.15, 0.2) is 53.4 Å². The monoisotopic (exact) mass is 407 g/mol. The second kappa shape index (κ2) is 8.57. The lowest BCUT2D eigenvalue weighted by Gasteiger charge is -2.36. The summed E-state index contributed by atoms with van der Waals surface area (Å²) in [6, 6.07) is 12.4. The first-order valence-corrected chi connectivity index (χ1v) is 10.3. The summed E-state index contributed by atoms with van der Waals surface area (Å²) < 4.78 is 45.1. The highest BCUT2D eigenvalue weighted by atomic mass is 32.2. The van der Waals surface area contributed by atoms with E-state index in [-0.39, 0.29) is 17.3 Å². The Hall–Kier alpha value is -2.65. The van der Waals surface area contributed by atoms with Crippen LogP contribution >= 0.6 is 0 Å². The standard InChI is InChI=1S/C19H22FN3O4S/c1-27-17-6-3-5-16(13-17)22-8-10-23(11-9-22)19(24)14-21-28(25,26)18-7-2-4-15(20)12-18/h2-7,12-13,21H,8-11,14H2,1H3. The van der Waals surface area contributed by atoms with Crippen molar-refractivity contribution in [2.75, 3.05) is 44.7 Å². The van der Waals surface area contributed by atoms with E-state index in [1.165, 1.54) is 12.1 Å². The third-order valence-corrected chi connectivity index (χ3v) is 5.97. The number of hydrogen-bond acceptors (Lipinski definition) is 5. The predicted molar refractivity (Wildman–Crippen MR) is 103 cm³/mol. The fourth-order valence-electron chi connectivity index (χ4n) is 3.01. The van der Waals surface area contributed by atoms with Crippen LogP contribution in [0, 0.1) is 5.82 Å². The van der Waals surface area contributed by atoms with Gasteiger partial charge in [0.25, 0.3) is 0 Å². The molecule has 0 bridgehead atoms. The number of nitrogens with zero attached hydrogens (tertiary/aromatic N) is 2. The minimum Gasteiger partial charge on any atom is -0.497 e. The third kappa shape index (κ3) is 4.79. The van der Waals surface area contributed by atoms with Gasteiger partial charge in [0.15, 0.2) is 0 Å². The van der Waals surface area contributed by atoms with Crippen molar-refractivity contribution < 1.29 is 22.3 Å². The van der Waals surface area contributed by atoms with Crippen molar-refractivity contribution in [1.82, 2.24) is 9.62 Å². The topological polar surface area (TPSA) is 79.0 Å². The number of carbonyl (C=O) groups is 1. The molecule has 0 spiro atoms. The molecule has 0 saturated carbocycles. The number of rotatable bonds is 6. The van der Waals surface area contributed by atoms with Gasteiger partial charge in [0, 0.05) is 37.9 Å². The Bertz CT molecular complexity index is 944. The average molecular weight is 407 g/mol. The Kier molecular flexibility index (Phi) is 6.15. The molecule has 1 N–H and O–H groups in total. The van der Waals surface area contributed by atoms with Gasteiger partial charge in [-0.15, -0.1) is 0 Å². The van der Waals surface area contributed by atoms with E-state index in [0.717, 1.165) is 23.6 Å². The lowest BCUT2D eigenvalue weighted by molar-refractivity contribution is -0.130. The zero-order valence-electron chi connectivity index (χ0n) is 15.5. The zero-order chi connectivity index (χ0) is 20.1. The normalized spacial score (nSPS) is 14.8. The number of methoxy groups -OCH3 is 1. The summed E-state index contributed by atoms with van der Waals surface area (Å²) >= 11 is 0. The number of benzene rings is 2. The molecule has 2 aromatic carbocycles. The van der Waals surface area contributed by atoms with Crippen LogP contribution in [-0.4, -0.2) is 59.1 Å². The highest BCUT2D eigenvalue weighted by Gasteiger charge is 2.23. The molecule has 0 atom stereocenters. The molecule has 0 radical (unpaired) electrons. The fraction of sp³-hybridized carbons (Fsp3) is 0.316. The van der Waals surface area contributed by atoms with Gasteiger partial charge in [0.1, 0.15) is 11.6 Å². The summed E-state index contributed by atoms with van der Waals surface area (Å²) in [5, 5.41) is 0. The maximum Gasteiger partial charge on any atom is 0.241 e. The maximum absolute atomic E-state index is 13.2. The van der Waals surface area contributed by atoms with Crippen molar-refractivity contribution in [2.24, 2.45) is 0 Å². The summed E-state index contributed by atoms with van der Waals surface area (Å²) in [7, 11) is -2.33. The van der Waals surface area contributed by atoms with Crippen LogP contribution in [0.2, 0.25) is 0 Å². The molecule has 1 aliphatic rings. The molecule has 2 aromatic rings. The summed E-state index contributed by atoms with van der Waals surface area (Å²) in [6.45, 7) is 1.87. The van der Waals surface area contributed by atoms with E-state index < -0.39 is 15.8 Å². The largest absolute Gasteiger partial charge is 0.497 e. The second-order valence-electron chi connectivity index (χ2n) is 6.35. The van der Waals surface area contributed by atoms with E-state index in [1.54, 1.807) is 12.0 Å². The van der Waals surface area contributed by atoms with Crippen molar-refractivity contribution in [3.8, 4) is 5.75 Å². The smallest absolute Gasteiger partial charge is 0.241 e. The Labute approximate surface area is 163 Å². The van der Waals surface area contributed by atoms with Crippen molar-refractivity contribution in [3.63, 3.8) is 0 Å². The highest BCUT2D eigenvalue weighted by molar-refractivity contribution is 7.89. The number of ether oxygens (including phenoxy) is 1. The van der Waals surface area contributed by atoms with Crippen molar-refractivity contribution in [2.45, 2.75) is 4.90 Å². The van der Waals surface area contributed by atoms with E-state index in [0.29, 0.717) is 26.2 Å². The number of nitrogens with one attached hydrogen (secondary N) is 1. The second-order valence-corrected chi connectivity index (χ2v) is 8.12. The van der Waals surface area contributed by atoms with E-state index >= 15 is 0 Å². The summed E-state index contributed by atoms with van der Waals surface area (Å²) in [5.41, 5.74) is 1.01. The molecule has 3 rings (SSSR count). The molecule has 0 unspecified atom stereocenters. The first kappa shape index (κ1) is 20.1. The molecule has 150 valence electrons. The molecule has 7 nitrogen and oxygen atoms in total. The Morgan fingerprint density at radius 3 is 2.50 bits per heavy atom. The van der Waals surface area contributed by atoms with Gasteiger partial charge in [-0.2, -0.15) is 0 Å². The Balaban J connectivity index is 1.54. The molecule has 1 amide bonds. The lowest BCUT2D eigenvalue weighted by Crippen LogP contribution is -2.51. The van der Waals surface area contributed by atoms with Crippen molar-refractivity contribution in [1.29, 1.82) is 0 Å². The SMILES string of the molecule is COc1cccc(N2CCN(C(=O)CNS(=O)(=O)c3cccc(F)c3)CC2)c1. The summed E-state index contributed by atoms with van der Waals surface area (Å²) in [4.78, 5) is 15.9. The van der Waals surface area contributed by atoms with E-state index in [2.05, 4.69) is 9.62 Å². The lowest BCUT2D eigenvalue weighted by atomic mass is 10.2. The zero-order valence-corrected chi connectivity index (χ0v) is 16.3. The minimum absolute atomic E-state index is 0.205. The summed E-state index contributed by atoms with van der Waals surface area (Å²) in [6.07, 6.45) is 0. The summed E-state index contributed by atoms with van der Waals surface area (Å²) in [5.74, 6) is -0.198. The molecule has 28 heavy (non-hydrogen) atoms. The number of carbonyl (C=O) groups excluding carboxylic acids is 1. The number of piperazine rings is 1. The maximum atomic E-state index is 13.2. The molecule has 1 saturated heterocycles. The molecular weight excluding hydrogens is 385 g/mol. The molecule has 1 aliphatic heterocycles. The van der Waals surface area contributed by atoms with Gasteiger partial charge in [0.05, 0.1) is 18.6 Å². The quantitative estimate of drug-likeness (QED) is 0.785. The predicted octanol–water partition coefficient (Wildman–Crippen LogP) is 1.46. The number of halogens is 1. The fourth-order valence-corrected chi connectivity index (χ4v) is 4.01. The molecule has 1 heterocycles. The highest BCUT2D eigenvalue weighted by Crippen LogP contribution is 2.22. The number of anilines is 1. The van der Waals surface area contributed by atoms with Gasteiger partial charge < -0.3 is 14.5 Å². The van der Waals surface area contributed by atoms with Gasteiger partial charge in [-0.3, -0.25) is 4.79 Å². The van der Waals surface area contributed by atoms with Crippen LogP contribution in [0.1, 0.15) is 0 Å². The number of sulfonamides is 1. The van der Waals surface area contributed by atoms with Gasteiger partial charge in [0.2, 0.25) is 15.9 Å². The molecule has 0 aliphatic carbocycles. The van der Waals surface area contributed by atoms with Gasteiger partial charge in [-0.25, -0.2) is 17.5 Å². The van der Waals surface area contributed by atoms with Crippen molar-refractivity contribution >= 4 is 21.6 Å². The molecule has 9 heteroatoms. The van der Waals surface area contributed by atoms with Crippen LogP contribution in [-0.2, 0) is 14.8 Å². The van der Waals surface area contributed by atoms with Gasteiger partial charge in [-0.05, 0) is 30.3 Å². The van der Waals surface area contributed by atoms with E-state index in [1.807, 2.05) is 24.3 Å². The van der Waals surface area contributed by atoms with Crippen molar-refractivity contribution in [3.05, 3.63) is 54.3 Å². The van der Waals surface area contributed by atoms with Crippen LogP contribution in [0.3, 0.4) is 0 Å². The van der Waals surface area contributed by atoms with E-state index in [4.69, 9.17) is 4.74 Å². The number of amides is 1. The minimum atomic E-state index is -3.94. The average Bonchev–Trinajstić information content (AvgIpc) is 2.72. The van der Waals surface area contributed by atoms with Crippen LogP contribution in [0.4, 0.5) is 10.1 Å². The van der Waals surface area contributed by atoms with Gasteiger partial charge in [-0.1, -0.05) is 12.1 Å². The van der Waals surface area contributed by atoms with Crippen LogP contribution in [0.5, 0.6) is 5.75 Å². The molecule has 0 aromatic heterocycles.